The minimum Gasteiger partial charge on any atom is -0.504 e. The second-order valence-electron chi connectivity index (χ2n) is 4.92. The second-order valence-corrected chi connectivity index (χ2v) is 7.46. The molecule has 0 aromatic heterocycles. The average Bonchev–Trinajstić information content (AvgIpc) is 2.63. The predicted molar refractivity (Wildman–Crippen MR) is 99.8 cm³/mol. The van der Waals surface area contributed by atoms with Crippen molar-refractivity contribution in [2.75, 3.05) is 21.3 Å². The van der Waals surface area contributed by atoms with Gasteiger partial charge in [0.1, 0.15) is 16.4 Å². The van der Waals surface area contributed by atoms with Crippen molar-refractivity contribution in [1.29, 1.82) is 0 Å². The molecule has 0 radical (unpaired) electrons. The highest BCUT2D eigenvalue weighted by Gasteiger charge is 2.20. The van der Waals surface area contributed by atoms with Gasteiger partial charge in [-0.25, -0.2) is 0 Å². The zero-order valence-corrected chi connectivity index (χ0v) is 16.6. The molecule has 2 aromatic rings. The van der Waals surface area contributed by atoms with Crippen LogP contribution in [0, 0.1) is 0 Å². The molecule has 0 amide bonds. The molecule has 0 spiro atoms. The predicted octanol–water partition coefficient (Wildman–Crippen LogP) is 2.49. The molecular formula is C16H17BrN2O6S. The van der Waals surface area contributed by atoms with E-state index in [2.05, 4.69) is 25.9 Å². The summed E-state index contributed by atoms with van der Waals surface area (Å²) in [5.74, 6) is 0.542. The molecular weight excluding hydrogens is 428 g/mol. The highest BCUT2D eigenvalue weighted by Crippen LogP contribution is 2.32. The summed E-state index contributed by atoms with van der Waals surface area (Å²) in [5, 5.41) is 13.8. The molecule has 0 unspecified atom stereocenters. The molecule has 140 valence electrons. The maximum absolute atomic E-state index is 12.5. The van der Waals surface area contributed by atoms with Crippen LogP contribution in [0.3, 0.4) is 0 Å². The second kappa shape index (κ2) is 8.28. The van der Waals surface area contributed by atoms with Crippen LogP contribution in [-0.4, -0.2) is 41.1 Å². The maximum Gasteiger partial charge on any atom is 0.280 e. The average molecular weight is 445 g/mol. The first-order valence-electron chi connectivity index (χ1n) is 7.15. The lowest BCUT2D eigenvalue weighted by Crippen LogP contribution is -2.19. The van der Waals surface area contributed by atoms with Gasteiger partial charge in [-0.15, -0.1) is 0 Å². The van der Waals surface area contributed by atoms with Crippen LogP contribution < -0.4 is 19.0 Å². The van der Waals surface area contributed by atoms with E-state index in [-0.39, 0.29) is 27.7 Å². The monoisotopic (exact) mass is 444 g/mol. The normalized spacial score (nSPS) is 11.4. The number of aromatic hydroxyl groups is 1. The van der Waals surface area contributed by atoms with Gasteiger partial charge in [-0.1, -0.05) is 15.9 Å². The first-order chi connectivity index (χ1) is 12.3. The molecule has 8 nitrogen and oxygen atoms in total. The highest BCUT2D eigenvalue weighted by atomic mass is 79.9. The van der Waals surface area contributed by atoms with Crippen molar-refractivity contribution in [2.24, 2.45) is 5.10 Å². The number of rotatable bonds is 7. The highest BCUT2D eigenvalue weighted by molar-refractivity contribution is 9.10. The number of ether oxygens (including phenoxy) is 3. The molecule has 0 aliphatic rings. The first kappa shape index (κ1) is 19.9. The Kier molecular flexibility index (Phi) is 6.32. The number of methoxy groups -OCH3 is 3. The van der Waals surface area contributed by atoms with E-state index in [1.54, 1.807) is 18.2 Å². The van der Waals surface area contributed by atoms with Crippen LogP contribution in [0.2, 0.25) is 0 Å². The Balaban J connectivity index is 2.32. The summed E-state index contributed by atoms with van der Waals surface area (Å²) >= 11 is 3.27. The van der Waals surface area contributed by atoms with Gasteiger partial charge in [0.2, 0.25) is 0 Å². The number of phenols is 1. The van der Waals surface area contributed by atoms with Gasteiger partial charge >= 0.3 is 0 Å². The number of nitrogens with zero attached hydrogens (tertiary/aromatic N) is 1. The number of hydrogen-bond acceptors (Lipinski definition) is 7. The molecule has 2 aromatic carbocycles. The third kappa shape index (κ3) is 4.38. The summed E-state index contributed by atoms with van der Waals surface area (Å²) in [6, 6.07) is 7.49. The molecule has 0 aliphatic heterocycles. The summed E-state index contributed by atoms with van der Waals surface area (Å²) in [6.07, 6.45) is 1.16. The zero-order valence-electron chi connectivity index (χ0n) is 14.2. The Morgan fingerprint density at radius 2 is 1.77 bits per heavy atom. The van der Waals surface area contributed by atoms with Gasteiger partial charge in [-0.05, 0) is 24.3 Å². The summed E-state index contributed by atoms with van der Waals surface area (Å²) < 4.78 is 40.7. The quantitative estimate of drug-likeness (QED) is 0.501. The molecule has 2 rings (SSSR count). The third-order valence-electron chi connectivity index (χ3n) is 3.33. The maximum atomic E-state index is 12.5. The Hall–Kier alpha value is -2.46. The van der Waals surface area contributed by atoms with E-state index in [0.29, 0.717) is 10.2 Å². The lowest BCUT2D eigenvalue weighted by molar-refractivity contribution is 0.373. The van der Waals surface area contributed by atoms with Crippen molar-refractivity contribution in [3.05, 3.63) is 40.4 Å². The number of nitrogens with one attached hydrogen (secondary N) is 1. The fraction of sp³-hybridized carbons (Fsp3) is 0.188. The standard InChI is InChI=1S/C16H17BrN2O6S/c1-23-12-4-5-13(24-2)15(8-12)26(21,22)19-18-9-10-6-11(17)7-14(25-3)16(10)20/h4-9,19-20H,1-3H3/b18-9+. The van der Waals surface area contributed by atoms with Crippen molar-refractivity contribution in [2.45, 2.75) is 4.90 Å². The number of benzene rings is 2. The van der Waals surface area contributed by atoms with Crippen LogP contribution >= 0.6 is 15.9 Å². The molecule has 0 fully saturated rings. The van der Waals surface area contributed by atoms with E-state index in [0.717, 1.165) is 6.21 Å². The number of sulfonamides is 1. The molecule has 0 atom stereocenters. The molecule has 2 N–H and O–H groups in total. The number of halogens is 1. The number of phenolic OH excluding ortho intramolecular Hbond substituents is 1. The van der Waals surface area contributed by atoms with Crippen LogP contribution in [0.4, 0.5) is 0 Å². The minimum atomic E-state index is -4.02. The summed E-state index contributed by atoms with van der Waals surface area (Å²) in [5.41, 5.74) is 0.261. The largest absolute Gasteiger partial charge is 0.504 e. The Labute approximate surface area is 159 Å². The summed E-state index contributed by atoms with van der Waals surface area (Å²) in [6.45, 7) is 0. The molecule has 0 heterocycles. The molecule has 0 saturated heterocycles. The van der Waals surface area contributed by atoms with Crippen LogP contribution in [0.5, 0.6) is 23.0 Å². The molecule has 0 bridgehead atoms. The van der Waals surface area contributed by atoms with E-state index in [4.69, 9.17) is 14.2 Å². The Morgan fingerprint density at radius 3 is 2.38 bits per heavy atom. The summed E-state index contributed by atoms with van der Waals surface area (Å²) in [4.78, 5) is 1.94. The van der Waals surface area contributed by atoms with Gasteiger partial charge < -0.3 is 19.3 Å². The van der Waals surface area contributed by atoms with Crippen LogP contribution in [0.1, 0.15) is 5.56 Å². The Bertz CT molecular complexity index is 931. The van der Waals surface area contributed by atoms with Crippen molar-refractivity contribution < 1.29 is 27.7 Å². The minimum absolute atomic E-state index is 0.132. The van der Waals surface area contributed by atoms with Crippen molar-refractivity contribution >= 4 is 32.2 Å². The van der Waals surface area contributed by atoms with E-state index >= 15 is 0 Å². The fourth-order valence-electron chi connectivity index (χ4n) is 2.06. The van der Waals surface area contributed by atoms with Crippen LogP contribution in [0.15, 0.2) is 44.8 Å². The fourth-order valence-corrected chi connectivity index (χ4v) is 3.49. The van der Waals surface area contributed by atoms with Gasteiger partial charge in [0.15, 0.2) is 11.5 Å². The number of hydrazone groups is 1. The van der Waals surface area contributed by atoms with Crippen molar-refractivity contribution in [1.82, 2.24) is 4.83 Å². The SMILES string of the molecule is COc1ccc(OC)c(S(=O)(=O)N/N=C/c2cc(Br)cc(OC)c2O)c1. The van der Waals surface area contributed by atoms with Crippen molar-refractivity contribution in [3.63, 3.8) is 0 Å². The van der Waals surface area contributed by atoms with E-state index in [1.165, 1.54) is 33.5 Å². The molecule has 10 heteroatoms. The van der Waals surface area contributed by atoms with Gasteiger partial charge in [0.25, 0.3) is 10.0 Å². The van der Waals surface area contributed by atoms with Crippen molar-refractivity contribution in [3.8, 4) is 23.0 Å². The smallest absolute Gasteiger partial charge is 0.280 e. The van der Waals surface area contributed by atoms with Crippen LogP contribution in [-0.2, 0) is 10.0 Å². The van der Waals surface area contributed by atoms with E-state index in [9.17, 15) is 13.5 Å². The van der Waals surface area contributed by atoms with Crippen LogP contribution in [0.25, 0.3) is 0 Å². The molecule has 0 saturated carbocycles. The van der Waals surface area contributed by atoms with Gasteiger partial charge in [0, 0.05) is 16.1 Å². The lowest BCUT2D eigenvalue weighted by atomic mass is 10.2. The zero-order chi connectivity index (χ0) is 19.3. The molecule has 0 aliphatic carbocycles. The lowest BCUT2D eigenvalue weighted by Gasteiger charge is -2.10. The van der Waals surface area contributed by atoms with Gasteiger partial charge in [-0.3, -0.25) is 0 Å². The summed E-state index contributed by atoms with van der Waals surface area (Å²) in [7, 11) is 0.162. The van der Waals surface area contributed by atoms with Gasteiger partial charge in [-0.2, -0.15) is 18.4 Å². The van der Waals surface area contributed by atoms with Gasteiger partial charge in [0.05, 0.1) is 27.5 Å². The molecule has 26 heavy (non-hydrogen) atoms. The van der Waals surface area contributed by atoms with E-state index in [1.807, 2.05) is 0 Å². The third-order valence-corrected chi connectivity index (χ3v) is 5.03. The number of hydrogen-bond donors (Lipinski definition) is 2. The first-order valence-corrected chi connectivity index (χ1v) is 9.43. The topological polar surface area (TPSA) is 106 Å². The Morgan fingerprint density at radius 1 is 1.08 bits per heavy atom. The van der Waals surface area contributed by atoms with E-state index < -0.39 is 10.0 Å².